The summed E-state index contributed by atoms with van der Waals surface area (Å²) in [5.74, 6) is -0.922. The van der Waals surface area contributed by atoms with E-state index in [2.05, 4.69) is 12.2 Å². The van der Waals surface area contributed by atoms with Crippen molar-refractivity contribution in [2.24, 2.45) is 5.92 Å². The van der Waals surface area contributed by atoms with Crippen LogP contribution in [0.25, 0.3) is 0 Å². The molecule has 0 fully saturated rings. The van der Waals surface area contributed by atoms with Crippen molar-refractivity contribution < 1.29 is 9.90 Å². The Labute approximate surface area is 80.5 Å². The third-order valence-electron chi connectivity index (χ3n) is 2.13. The van der Waals surface area contributed by atoms with E-state index >= 15 is 0 Å². The summed E-state index contributed by atoms with van der Waals surface area (Å²) in [5, 5.41) is 11.8. The van der Waals surface area contributed by atoms with Crippen LogP contribution in [0.1, 0.15) is 39.5 Å². The quantitative estimate of drug-likeness (QED) is 0.570. The maximum atomic E-state index is 10.4. The predicted molar refractivity (Wildman–Crippen MR) is 53.8 cm³/mol. The van der Waals surface area contributed by atoms with Crippen LogP contribution >= 0.6 is 0 Å². The summed E-state index contributed by atoms with van der Waals surface area (Å²) in [6.07, 6.45) is 4.40. The zero-order chi connectivity index (χ0) is 10.1. The van der Waals surface area contributed by atoms with Gasteiger partial charge in [0.2, 0.25) is 0 Å². The Balaban J connectivity index is 3.11. The van der Waals surface area contributed by atoms with Gasteiger partial charge in [0.15, 0.2) is 0 Å². The third kappa shape index (κ3) is 7.78. The monoisotopic (exact) mass is 187 g/mol. The number of carbonyl (C=O) groups is 1. The lowest BCUT2D eigenvalue weighted by molar-refractivity contribution is -0.141. The minimum Gasteiger partial charge on any atom is -0.481 e. The van der Waals surface area contributed by atoms with Crippen molar-refractivity contribution in [1.29, 1.82) is 0 Å². The van der Waals surface area contributed by atoms with Crippen LogP contribution in [-0.4, -0.2) is 24.2 Å². The third-order valence-corrected chi connectivity index (χ3v) is 2.13. The number of aliphatic carboxylic acids is 1. The topological polar surface area (TPSA) is 49.3 Å². The van der Waals surface area contributed by atoms with Crippen LogP contribution in [0.5, 0.6) is 0 Å². The van der Waals surface area contributed by atoms with Gasteiger partial charge in [0.25, 0.3) is 0 Å². The fourth-order valence-electron chi connectivity index (χ4n) is 1.07. The Bertz CT molecular complexity index is 137. The summed E-state index contributed by atoms with van der Waals surface area (Å²) in [4.78, 5) is 10.4. The molecule has 0 aliphatic heterocycles. The SMILES string of the molecule is CCCCCNCCC(C)C(=O)O. The molecule has 0 aliphatic carbocycles. The van der Waals surface area contributed by atoms with E-state index in [1.165, 1.54) is 19.3 Å². The highest BCUT2D eigenvalue weighted by Crippen LogP contribution is 1.99. The van der Waals surface area contributed by atoms with Crippen molar-refractivity contribution >= 4 is 5.97 Å². The molecule has 0 saturated heterocycles. The van der Waals surface area contributed by atoms with Crippen LogP contribution in [0.4, 0.5) is 0 Å². The molecule has 2 N–H and O–H groups in total. The molecule has 0 aromatic heterocycles. The van der Waals surface area contributed by atoms with Gasteiger partial charge in [0.1, 0.15) is 0 Å². The molecule has 78 valence electrons. The first-order chi connectivity index (χ1) is 6.18. The number of hydrogen-bond donors (Lipinski definition) is 2. The molecule has 0 aromatic carbocycles. The zero-order valence-corrected chi connectivity index (χ0v) is 8.68. The van der Waals surface area contributed by atoms with E-state index in [9.17, 15) is 4.79 Å². The highest BCUT2D eigenvalue weighted by atomic mass is 16.4. The van der Waals surface area contributed by atoms with Gasteiger partial charge in [0.05, 0.1) is 5.92 Å². The van der Waals surface area contributed by atoms with E-state index in [4.69, 9.17) is 5.11 Å². The van der Waals surface area contributed by atoms with Crippen LogP contribution in [0.15, 0.2) is 0 Å². The predicted octanol–water partition coefficient (Wildman–Crippen LogP) is 1.88. The molecule has 0 rings (SSSR count). The Morgan fingerprint density at radius 1 is 1.38 bits per heavy atom. The first kappa shape index (κ1) is 12.4. The average molecular weight is 187 g/mol. The van der Waals surface area contributed by atoms with Gasteiger partial charge < -0.3 is 10.4 Å². The standard InChI is InChI=1S/C10H21NO2/c1-3-4-5-7-11-8-6-9(2)10(12)13/h9,11H,3-8H2,1-2H3,(H,12,13). The molecule has 0 aromatic rings. The van der Waals surface area contributed by atoms with E-state index in [0.717, 1.165) is 19.5 Å². The number of hydrogen-bond acceptors (Lipinski definition) is 2. The molecule has 0 bridgehead atoms. The fraction of sp³-hybridized carbons (Fsp3) is 0.900. The second kappa shape index (κ2) is 8.05. The number of unbranched alkanes of at least 4 members (excludes halogenated alkanes) is 2. The Kier molecular flexibility index (Phi) is 7.69. The summed E-state index contributed by atoms with van der Waals surface area (Å²) in [7, 11) is 0. The van der Waals surface area contributed by atoms with Crippen LogP contribution in [0.3, 0.4) is 0 Å². The summed E-state index contributed by atoms with van der Waals surface area (Å²) in [6, 6.07) is 0. The summed E-state index contributed by atoms with van der Waals surface area (Å²) >= 11 is 0. The minimum absolute atomic E-state index is 0.223. The van der Waals surface area contributed by atoms with E-state index in [0.29, 0.717) is 0 Å². The van der Waals surface area contributed by atoms with Crippen molar-refractivity contribution in [2.75, 3.05) is 13.1 Å². The summed E-state index contributed by atoms with van der Waals surface area (Å²) in [6.45, 7) is 5.75. The molecule has 0 spiro atoms. The lowest BCUT2D eigenvalue weighted by Crippen LogP contribution is -2.21. The normalized spacial score (nSPS) is 12.8. The van der Waals surface area contributed by atoms with Crippen molar-refractivity contribution in [3.63, 3.8) is 0 Å². The second-order valence-corrected chi connectivity index (χ2v) is 3.49. The maximum Gasteiger partial charge on any atom is 0.306 e. The minimum atomic E-state index is -0.699. The molecule has 0 heterocycles. The summed E-state index contributed by atoms with van der Waals surface area (Å²) in [5.41, 5.74) is 0. The van der Waals surface area contributed by atoms with Gasteiger partial charge >= 0.3 is 5.97 Å². The lowest BCUT2D eigenvalue weighted by atomic mass is 10.1. The van der Waals surface area contributed by atoms with Crippen LogP contribution < -0.4 is 5.32 Å². The summed E-state index contributed by atoms with van der Waals surface area (Å²) < 4.78 is 0. The molecule has 0 aliphatic rings. The first-order valence-electron chi connectivity index (χ1n) is 5.12. The van der Waals surface area contributed by atoms with E-state index in [1.54, 1.807) is 6.92 Å². The van der Waals surface area contributed by atoms with Gasteiger partial charge in [-0.05, 0) is 25.9 Å². The zero-order valence-electron chi connectivity index (χ0n) is 8.68. The second-order valence-electron chi connectivity index (χ2n) is 3.49. The Hall–Kier alpha value is -0.570. The average Bonchev–Trinajstić information content (AvgIpc) is 2.10. The molecule has 3 heteroatoms. The van der Waals surface area contributed by atoms with Crippen molar-refractivity contribution in [3.05, 3.63) is 0 Å². The lowest BCUT2D eigenvalue weighted by Gasteiger charge is -2.06. The molecule has 0 saturated carbocycles. The highest BCUT2D eigenvalue weighted by Gasteiger charge is 2.08. The molecule has 1 atom stereocenters. The molecule has 1 unspecified atom stereocenters. The van der Waals surface area contributed by atoms with Crippen molar-refractivity contribution in [2.45, 2.75) is 39.5 Å². The van der Waals surface area contributed by atoms with Gasteiger partial charge in [-0.3, -0.25) is 4.79 Å². The van der Waals surface area contributed by atoms with Crippen LogP contribution in [0.2, 0.25) is 0 Å². The highest BCUT2D eigenvalue weighted by molar-refractivity contribution is 5.69. The van der Waals surface area contributed by atoms with Gasteiger partial charge in [-0.25, -0.2) is 0 Å². The van der Waals surface area contributed by atoms with Gasteiger partial charge in [-0.2, -0.15) is 0 Å². The molecule has 13 heavy (non-hydrogen) atoms. The molecular formula is C10H21NO2. The number of rotatable bonds is 8. The maximum absolute atomic E-state index is 10.4. The van der Waals surface area contributed by atoms with Gasteiger partial charge in [-0.15, -0.1) is 0 Å². The van der Waals surface area contributed by atoms with Crippen LogP contribution in [-0.2, 0) is 4.79 Å². The van der Waals surface area contributed by atoms with Crippen molar-refractivity contribution in [1.82, 2.24) is 5.32 Å². The number of nitrogens with one attached hydrogen (secondary N) is 1. The molecular weight excluding hydrogens is 166 g/mol. The van der Waals surface area contributed by atoms with Gasteiger partial charge in [-0.1, -0.05) is 26.7 Å². The molecule has 3 nitrogen and oxygen atoms in total. The Morgan fingerprint density at radius 2 is 2.08 bits per heavy atom. The van der Waals surface area contributed by atoms with E-state index < -0.39 is 5.97 Å². The number of carboxylic acid groups (broad SMARTS) is 1. The van der Waals surface area contributed by atoms with E-state index in [1.807, 2.05) is 0 Å². The smallest absolute Gasteiger partial charge is 0.306 e. The first-order valence-corrected chi connectivity index (χ1v) is 5.12. The van der Waals surface area contributed by atoms with E-state index in [-0.39, 0.29) is 5.92 Å². The largest absolute Gasteiger partial charge is 0.481 e. The van der Waals surface area contributed by atoms with Gasteiger partial charge in [0, 0.05) is 0 Å². The van der Waals surface area contributed by atoms with Crippen molar-refractivity contribution in [3.8, 4) is 0 Å². The fourth-order valence-corrected chi connectivity index (χ4v) is 1.07. The molecule has 0 amide bonds. The Morgan fingerprint density at radius 3 is 2.62 bits per heavy atom. The molecule has 0 radical (unpaired) electrons. The van der Waals surface area contributed by atoms with Crippen LogP contribution in [0, 0.1) is 5.92 Å². The number of carboxylic acids is 1.